The molecule has 4 nitrogen and oxygen atoms in total. The maximum Gasteiger partial charge on any atom is 0.416 e. The van der Waals surface area contributed by atoms with Crippen LogP contribution in [0.4, 0.5) is 13.2 Å². The van der Waals surface area contributed by atoms with Gasteiger partial charge in [0.1, 0.15) is 0 Å². The molecule has 0 radical (unpaired) electrons. The van der Waals surface area contributed by atoms with Gasteiger partial charge in [0.15, 0.2) is 5.96 Å². The summed E-state index contributed by atoms with van der Waals surface area (Å²) in [4.78, 5) is 6.67. The van der Waals surface area contributed by atoms with Crippen molar-refractivity contribution in [3.63, 3.8) is 0 Å². The van der Waals surface area contributed by atoms with E-state index >= 15 is 0 Å². The first kappa shape index (κ1) is 25.5. The highest BCUT2D eigenvalue weighted by molar-refractivity contribution is 14.0. The number of likely N-dealkylation sites (tertiary alicyclic amines) is 1. The maximum absolute atomic E-state index is 12.8. The lowest BCUT2D eigenvalue weighted by Gasteiger charge is -2.18. The summed E-state index contributed by atoms with van der Waals surface area (Å²) in [5.74, 6) is 1.14. The Morgan fingerprint density at radius 2 is 1.81 bits per heavy atom. The smallest absolute Gasteiger partial charge is 0.356 e. The van der Waals surface area contributed by atoms with E-state index in [1.807, 2.05) is 6.07 Å². The summed E-state index contributed by atoms with van der Waals surface area (Å²) in [6.45, 7) is 4.28. The SMILES string of the molecule is CN=C(NCc1cccc(C(F)(F)F)c1)NCC1CCN(CCc2ccccc2)C1.I. The second-order valence-electron chi connectivity index (χ2n) is 7.70. The summed E-state index contributed by atoms with van der Waals surface area (Å²) in [5, 5.41) is 6.41. The Kier molecular flexibility index (Phi) is 10.1. The number of rotatable bonds is 7. The minimum Gasteiger partial charge on any atom is -0.356 e. The van der Waals surface area contributed by atoms with Gasteiger partial charge in [-0.25, -0.2) is 0 Å². The van der Waals surface area contributed by atoms with Gasteiger partial charge in [-0.3, -0.25) is 4.99 Å². The molecule has 31 heavy (non-hydrogen) atoms. The number of halogens is 4. The van der Waals surface area contributed by atoms with E-state index in [4.69, 9.17) is 0 Å². The first-order valence-electron chi connectivity index (χ1n) is 10.3. The van der Waals surface area contributed by atoms with E-state index < -0.39 is 11.7 Å². The molecule has 0 amide bonds. The molecule has 0 aromatic heterocycles. The number of nitrogens with zero attached hydrogens (tertiary/aromatic N) is 2. The molecule has 2 aromatic rings. The van der Waals surface area contributed by atoms with Gasteiger partial charge < -0.3 is 15.5 Å². The third-order valence-corrected chi connectivity index (χ3v) is 5.43. The van der Waals surface area contributed by atoms with Gasteiger partial charge in [-0.1, -0.05) is 42.5 Å². The molecule has 1 aliphatic rings. The van der Waals surface area contributed by atoms with Crippen LogP contribution in [0.1, 0.15) is 23.1 Å². The second-order valence-corrected chi connectivity index (χ2v) is 7.70. The molecule has 0 bridgehead atoms. The summed E-state index contributed by atoms with van der Waals surface area (Å²) in [7, 11) is 1.67. The number of nitrogens with one attached hydrogen (secondary N) is 2. The molecule has 0 saturated carbocycles. The molecule has 0 aliphatic carbocycles. The van der Waals surface area contributed by atoms with Crippen LogP contribution in [0.2, 0.25) is 0 Å². The quantitative estimate of drug-likeness (QED) is 0.304. The molecule has 0 spiro atoms. The van der Waals surface area contributed by atoms with Crippen LogP contribution in [-0.4, -0.2) is 44.1 Å². The summed E-state index contributed by atoms with van der Waals surface area (Å²) < 4.78 is 38.5. The van der Waals surface area contributed by atoms with E-state index in [-0.39, 0.29) is 30.5 Å². The molecule has 1 aliphatic heterocycles. The Labute approximate surface area is 199 Å². The normalized spacial score (nSPS) is 17.3. The summed E-state index contributed by atoms with van der Waals surface area (Å²) >= 11 is 0. The number of alkyl halides is 3. The second kappa shape index (κ2) is 12.3. The van der Waals surface area contributed by atoms with Crippen LogP contribution in [0.3, 0.4) is 0 Å². The Morgan fingerprint density at radius 3 is 2.52 bits per heavy atom. The van der Waals surface area contributed by atoms with Crippen molar-refractivity contribution in [1.29, 1.82) is 0 Å². The van der Waals surface area contributed by atoms with E-state index in [9.17, 15) is 13.2 Å². The Balaban J connectivity index is 0.00000341. The largest absolute Gasteiger partial charge is 0.416 e. The molecule has 3 rings (SSSR count). The third kappa shape index (κ3) is 8.33. The topological polar surface area (TPSA) is 39.7 Å². The Bertz CT molecular complexity index is 827. The average molecular weight is 546 g/mol. The molecule has 1 saturated heterocycles. The molecule has 170 valence electrons. The van der Waals surface area contributed by atoms with Crippen LogP contribution in [-0.2, 0) is 19.1 Å². The van der Waals surface area contributed by atoms with Crippen molar-refractivity contribution in [2.45, 2.75) is 25.6 Å². The van der Waals surface area contributed by atoms with Gasteiger partial charge >= 0.3 is 6.18 Å². The van der Waals surface area contributed by atoms with Gasteiger partial charge in [-0.15, -0.1) is 24.0 Å². The summed E-state index contributed by atoms with van der Waals surface area (Å²) in [5.41, 5.74) is 1.30. The lowest BCUT2D eigenvalue weighted by Crippen LogP contribution is -2.40. The van der Waals surface area contributed by atoms with E-state index in [0.29, 0.717) is 17.4 Å². The van der Waals surface area contributed by atoms with Crippen LogP contribution in [0.15, 0.2) is 59.6 Å². The van der Waals surface area contributed by atoms with Crippen molar-refractivity contribution < 1.29 is 13.2 Å². The van der Waals surface area contributed by atoms with E-state index in [1.165, 1.54) is 17.7 Å². The number of guanidine groups is 1. The molecular formula is C23H30F3IN4. The molecular weight excluding hydrogens is 516 g/mol. The van der Waals surface area contributed by atoms with Gasteiger partial charge in [0.05, 0.1) is 5.56 Å². The molecule has 8 heteroatoms. The number of aliphatic imine (C=N–C) groups is 1. The highest BCUT2D eigenvalue weighted by Gasteiger charge is 2.30. The van der Waals surface area contributed by atoms with Crippen molar-refractivity contribution in [1.82, 2.24) is 15.5 Å². The third-order valence-electron chi connectivity index (χ3n) is 5.43. The molecule has 1 fully saturated rings. The predicted molar refractivity (Wildman–Crippen MR) is 130 cm³/mol. The number of benzene rings is 2. The minimum absolute atomic E-state index is 0. The highest BCUT2D eigenvalue weighted by atomic mass is 127. The predicted octanol–water partition coefficient (Wildman–Crippen LogP) is 4.55. The van der Waals surface area contributed by atoms with Crippen LogP contribution in [0, 0.1) is 5.92 Å². The van der Waals surface area contributed by atoms with Crippen molar-refractivity contribution in [2.75, 3.05) is 33.2 Å². The van der Waals surface area contributed by atoms with E-state index in [0.717, 1.165) is 45.1 Å². The first-order chi connectivity index (χ1) is 14.4. The Morgan fingerprint density at radius 1 is 1.06 bits per heavy atom. The highest BCUT2D eigenvalue weighted by Crippen LogP contribution is 2.29. The standard InChI is InChI=1S/C23H29F3N4.HI/c1-27-22(28-15-19-8-5-9-21(14-19)23(24,25)26)29-16-20-11-13-30(17-20)12-10-18-6-3-2-4-7-18;/h2-9,14,20H,10-13,15-17H2,1H3,(H2,27,28,29);1H. The fourth-order valence-electron chi connectivity index (χ4n) is 3.72. The van der Waals surface area contributed by atoms with Gasteiger partial charge in [-0.05, 0) is 48.6 Å². The minimum atomic E-state index is -4.33. The molecule has 2 N–H and O–H groups in total. The summed E-state index contributed by atoms with van der Waals surface area (Å²) in [6, 6.07) is 15.9. The van der Waals surface area contributed by atoms with Crippen molar-refractivity contribution in [2.24, 2.45) is 10.9 Å². The lowest BCUT2D eigenvalue weighted by molar-refractivity contribution is -0.137. The van der Waals surface area contributed by atoms with Crippen molar-refractivity contribution in [3.8, 4) is 0 Å². The van der Waals surface area contributed by atoms with Gasteiger partial charge in [-0.2, -0.15) is 13.2 Å². The first-order valence-corrected chi connectivity index (χ1v) is 10.3. The fraction of sp³-hybridized carbons (Fsp3) is 0.435. The van der Waals surface area contributed by atoms with Gasteiger partial charge in [0, 0.05) is 33.2 Å². The number of hydrogen-bond acceptors (Lipinski definition) is 2. The van der Waals surface area contributed by atoms with Gasteiger partial charge in [0.2, 0.25) is 0 Å². The fourth-order valence-corrected chi connectivity index (χ4v) is 3.72. The number of hydrogen-bond donors (Lipinski definition) is 2. The zero-order valence-electron chi connectivity index (χ0n) is 17.7. The van der Waals surface area contributed by atoms with E-state index in [2.05, 4.69) is 44.8 Å². The van der Waals surface area contributed by atoms with E-state index in [1.54, 1.807) is 13.1 Å². The zero-order chi connectivity index (χ0) is 21.4. The van der Waals surface area contributed by atoms with Crippen LogP contribution < -0.4 is 10.6 Å². The average Bonchev–Trinajstić information content (AvgIpc) is 3.21. The van der Waals surface area contributed by atoms with Crippen molar-refractivity contribution >= 4 is 29.9 Å². The molecule has 2 aromatic carbocycles. The summed E-state index contributed by atoms with van der Waals surface area (Å²) in [6.07, 6.45) is -2.14. The Hall–Kier alpha value is -1.81. The molecule has 1 unspecified atom stereocenters. The monoisotopic (exact) mass is 546 g/mol. The lowest BCUT2D eigenvalue weighted by atomic mass is 10.1. The van der Waals surface area contributed by atoms with Gasteiger partial charge in [0.25, 0.3) is 0 Å². The molecule has 1 atom stereocenters. The van der Waals surface area contributed by atoms with Crippen molar-refractivity contribution in [3.05, 3.63) is 71.3 Å². The van der Waals surface area contributed by atoms with Crippen LogP contribution in [0.5, 0.6) is 0 Å². The zero-order valence-corrected chi connectivity index (χ0v) is 20.0. The van der Waals surface area contributed by atoms with Crippen LogP contribution in [0.25, 0.3) is 0 Å². The van der Waals surface area contributed by atoms with Crippen LogP contribution >= 0.6 is 24.0 Å². The molecule has 1 heterocycles. The maximum atomic E-state index is 12.8.